The number of alkyl halides is 3. The van der Waals surface area contributed by atoms with Gasteiger partial charge in [0.25, 0.3) is 0 Å². The van der Waals surface area contributed by atoms with E-state index in [2.05, 4.69) is 29.9 Å². The Hall–Kier alpha value is -3.52. The standard InChI is InChI=1S/C35H41F5N4OS/c1-9-19(6)12-15-26(18(4)5)44(8)33-22-16-24(35(38,39)40)28(29(37)30(22)42-34(43-33)45-11-3)21-13-14-25(36)32-27(21)23(17-41)31(46-32)20(7)10-2/h13-14,16,18-20,26H,9-12,15H2,1-8H3. The molecule has 5 nitrogen and oxygen atoms in total. The zero-order valence-corrected chi connectivity index (χ0v) is 28.4. The summed E-state index contributed by atoms with van der Waals surface area (Å²) in [4.78, 5) is 11.1. The molecule has 0 saturated heterocycles. The molecular formula is C35H41F5N4OS. The second-order valence-corrected chi connectivity index (χ2v) is 13.4. The molecule has 2 aromatic carbocycles. The second-order valence-electron chi connectivity index (χ2n) is 12.3. The van der Waals surface area contributed by atoms with Gasteiger partial charge in [0.2, 0.25) is 0 Å². The largest absolute Gasteiger partial charge is 0.464 e. The monoisotopic (exact) mass is 660 g/mol. The third-order valence-electron chi connectivity index (χ3n) is 8.98. The van der Waals surface area contributed by atoms with E-state index in [1.165, 1.54) is 0 Å². The summed E-state index contributed by atoms with van der Waals surface area (Å²) in [5.41, 5.74) is -2.56. The van der Waals surface area contributed by atoms with Gasteiger partial charge in [0.05, 0.1) is 22.4 Å². The van der Waals surface area contributed by atoms with Crippen LogP contribution >= 0.6 is 11.3 Å². The van der Waals surface area contributed by atoms with Gasteiger partial charge in [-0.05, 0) is 61.6 Å². The van der Waals surface area contributed by atoms with Gasteiger partial charge in [-0.25, -0.2) is 8.78 Å². The van der Waals surface area contributed by atoms with Gasteiger partial charge >= 0.3 is 12.2 Å². The van der Waals surface area contributed by atoms with Crippen molar-refractivity contribution in [2.45, 2.75) is 92.3 Å². The van der Waals surface area contributed by atoms with Crippen LogP contribution in [-0.4, -0.2) is 29.7 Å². The van der Waals surface area contributed by atoms with E-state index in [0.29, 0.717) is 17.2 Å². The molecule has 2 heterocycles. The summed E-state index contributed by atoms with van der Waals surface area (Å²) in [7, 11) is 1.75. The van der Waals surface area contributed by atoms with Crippen molar-refractivity contribution < 1.29 is 26.7 Å². The Bertz CT molecular complexity index is 1760. The number of hydrogen-bond donors (Lipinski definition) is 0. The highest BCUT2D eigenvalue weighted by molar-refractivity contribution is 7.19. The van der Waals surface area contributed by atoms with E-state index in [1.807, 2.05) is 27.7 Å². The van der Waals surface area contributed by atoms with Crippen LogP contribution in [-0.2, 0) is 6.18 Å². The van der Waals surface area contributed by atoms with Crippen molar-refractivity contribution >= 4 is 38.1 Å². The van der Waals surface area contributed by atoms with Gasteiger partial charge in [-0.1, -0.05) is 54.0 Å². The van der Waals surface area contributed by atoms with E-state index < -0.39 is 28.9 Å². The third-order valence-corrected chi connectivity index (χ3v) is 10.4. The fourth-order valence-corrected chi connectivity index (χ4v) is 7.29. The van der Waals surface area contributed by atoms with E-state index in [0.717, 1.165) is 48.8 Å². The van der Waals surface area contributed by atoms with Crippen LogP contribution in [0.3, 0.4) is 0 Å². The summed E-state index contributed by atoms with van der Waals surface area (Å²) >= 11 is 1.02. The minimum atomic E-state index is -5.00. The van der Waals surface area contributed by atoms with Gasteiger partial charge in [0, 0.05) is 34.3 Å². The van der Waals surface area contributed by atoms with Crippen molar-refractivity contribution in [3.63, 3.8) is 0 Å². The molecule has 0 aliphatic heterocycles. The Kier molecular flexibility index (Phi) is 10.8. The Labute approximate surface area is 271 Å². The normalized spacial score (nSPS) is 14.1. The van der Waals surface area contributed by atoms with Crippen molar-refractivity contribution in [2.24, 2.45) is 11.8 Å². The number of aromatic nitrogens is 2. The highest BCUT2D eigenvalue weighted by Gasteiger charge is 2.39. The van der Waals surface area contributed by atoms with Crippen molar-refractivity contribution in [1.29, 1.82) is 5.26 Å². The molecule has 4 rings (SSSR count). The number of fused-ring (bicyclic) bond motifs is 2. The molecular weight excluding hydrogens is 619 g/mol. The Morgan fingerprint density at radius 2 is 1.72 bits per heavy atom. The molecule has 0 bridgehead atoms. The number of anilines is 1. The molecule has 3 atom stereocenters. The number of rotatable bonds is 12. The molecule has 0 aliphatic rings. The summed E-state index contributed by atoms with van der Waals surface area (Å²) in [6.45, 7) is 14.0. The molecule has 0 spiro atoms. The fourth-order valence-electron chi connectivity index (χ4n) is 5.97. The number of halogens is 5. The van der Waals surface area contributed by atoms with Crippen LogP contribution in [0, 0.1) is 34.8 Å². The zero-order valence-electron chi connectivity index (χ0n) is 27.6. The van der Waals surface area contributed by atoms with Gasteiger partial charge in [0.15, 0.2) is 5.82 Å². The highest BCUT2D eigenvalue weighted by atomic mass is 32.1. The quantitative estimate of drug-likeness (QED) is 0.142. The molecule has 0 fully saturated rings. The molecule has 3 unspecified atom stereocenters. The van der Waals surface area contributed by atoms with E-state index in [-0.39, 0.29) is 68.4 Å². The first-order valence-corrected chi connectivity index (χ1v) is 16.6. The van der Waals surface area contributed by atoms with Crippen molar-refractivity contribution in [3.8, 4) is 23.2 Å². The fraction of sp³-hybridized carbons (Fsp3) is 0.514. The van der Waals surface area contributed by atoms with Gasteiger partial charge in [-0.3, -0.25) is 0 Å². The van der Waals surface area contributed by atoms with Crippen LogP contribution in [0.15, 0.2) is 18.2 Å². The molecule has 11 heteroatoms. The van der Waals surface area contributed by atoms with Crippen LogP contribution in [0.25, 0.3) is 32.1 Å². The summed E-state index contributed by atoms with van der Waals surface area (Å²) in [6, 6.07) is 4.81. The van der Waals surface area contributed by atoms with E-state index in [9.17, 15) is 18.4 Å². The van der Waals surface area contributed by atoms with E-state index in [4.69, 9.17) is 4.74 Å². The lowest BCUT2D eigenvalue weighted by molar-refractivity contribution is -0.137. The number of nitriles is 1. The number of hydrogen-bond acceptors (Lipinski definition) is 6. The second kappa shape index (κ2) is 14.1. The van der Waals surface area contributed by atoms with Crippen molar-refractivity contribution in [3.05, 3.63) is 45.8 Å². The third kappa shape index (κ3) is 6.64. The zero-order chi connectivity index (χ0) is 34.1. The van der Waals surface area contributed by atoms with Crippen LogP contribution < -0.4 is 9.64 Å². The maximum Gasteiger partial charge on any atom is 0.417 e. The Balaban J connectivity index is 2.11. The molecule has 2 aromatic heterocycles. The number of nitrogens with zero attached hydrogens (tertiary/aromatic N) is 4. The average molecular weight is 661 g/mol. The van der Waals surface area contributed by atoms with Crippen LogP contribution in [0.5, 0.6) is 6.01 Å². The first kappa shape index (κ1) is 35.3. The summed E-state index contributed by atoms with van der Waals surface area (Å²) < 4.78 is 82.6. The maximum atomic E-state index is 16.9. The number of ether oxygens (including phenoxy) is 1. The average Bonchev–Trinajstić information content (AvgIpc) is 3.41. The van der Waals surface area contributed by atoms with Gasteiger partial charge in [-0.15, -0.1) is 11.3 Å². The Morgan fingerprint density at radius 1 is 1.02 bits per heavy atom. The molecule has 46 heavy (non-hydrogen) atoms. The molecule has 0 amide bonds. The highest BCUT2D eigenvalue weighted by Crippen LogP contribution is 2.48. The summed E-state index contributed by atoms with van der Waals surface area (Å²) in [6.07, 6.45) is -1.73. The summed E-state index contributed by atoms with van der Waals surface area (Å²) in [5, 5.41) is 9.99. The van der Waals surface area contributed by atoms with Gasteiger partial charge in [-0.2, -0.15) is 28.4 Å². The minimum absolute atomic E-state index is 0.0103. The molecule has 0 radical (unpaired) electrons. The smallest absolute Gasteiger partial charge is 0.417 e. The molecule has 0 N–H and O–H groups in total. The number of benzene rings is 2. The lowest BCUT2D eigenvalue weighted by Gasteiger charge is -2.34. The van der Waals surface area contributed by atoms with E-state index >= 15 is 8.78 Å². The molecule has 4 aromatic rings. The molecule has 0 saturated carbocycles. The van der Waals surface area contributed by atoms with Crippen LogP contribution in [0.1, 0.15) is 96.1 Å². The Morgan fingerprint density at radius 3 is 2.28 bits per heavy atom. The van der Waals surface area contributed by atoms with Gasteiger partial charge in [0.1, 0.15) is 23.2 Å². The van der Waals surface area contributed by atoms with Gasteiger partial charge < -0.3 is 9.64 Å². The predicted octanol–water partition coefficient (Wildman–Crippen LogP) is 10.9. The molecule has 0 aliphatic carbocycles. The minimum Gasteiger partial charge on any atom is -0.464 e. The lowest BCUT2D eigenvalue weighted by Crippen LogP contribution is -2.37. The summed E-state index contributed by atoms with van der Waals surface area (Å²) in [5.74, 6) is -1.39. The SMILES string of the molecule is CCOc1nc(N(C)C(CCC(C)CC)C(C)C)c2cc(C(F)(F)F)c(-c3ccc(F)c4sc(C(C)CC)c(C#N)c34)c(F)c2n1. The maximum absolute atomic E-state index is 16.9. The lowest BCUT2D eigenvalue weighted by atomic mass is 9.90. The van der Waals surface area contributed by atoms with Crippen LogP contribution in [0.2, 0.25) is 0 Å². The van der Waals surface area contributed by atoms with E-state index in [1.54, 1.807) is 18.9 Å². The number of thiophene rings is 1. The molecule has 248 valence electrons. The first-order chi connectivity index (χ1) is 21.7. The first-order valence-electron chi connectivity index (χ1n) is 15.8. The van der Waals surface area contributed by atoms with Crippen molar-refractivity contribution in [2.75, 3.05) is 18.6 Å². The topological polar surface area (TPSA) is 62.0 Å². The van der Waals surface area contributed by atoms with Crippen molar-refractivity contribution in [1.82, 2.24) is 9.97 Å². The predicted molar refractivity (Wildman–Crippen MR) is 176 cm³/mol. The van der Waals surface area contributed by atoms with Crippen LogP contribution in [0.4, 0.5) is 27.8 Å².